The lowest BCUT2D eigenvalue weighted by Crippen LogP contribution is -2.30. The van der Waals surface area contributed by atoms with Gasteiger partial charge in [-0.2, -0.15) is 0 Å². The van der Waals surface area contributed by atoms with Gasteiger partial charge in [-0.3, -0.25) is 5.32 Å². The molecular weight excluding hydrogens is 200 g/mol. The van der Waals surface area contributed by atoms with E-state index in [2.05, 4.69) is 37.9 Å². The average Bonchev–Trinajstić information content (AvgIpc) is 2.73. The second-order valence-electron chi connectivity index (χ2n) is 6.23. The van der Waals surface area contributed by atoms with E-state index < -0.39 is 0 Å². The number of likely N-dealkylation sites (tertiary alicyclic amines) is 1. The average molecular weight is 226 g/mol. The molecule has 2 unspecified atom stereocenters. The van der Waals surface area contributed by atoms with E-state index in [4.69, 9.17) is 4.74 Å². The number of ether oxygens (including phenoxy) is 1. The van der Waals surface area contributed by atoms with Gasteiger partial charge in [-0.1, -0.05) is 0 Å². The van der Waals surface area contributed by atoms with Crippen LogP contribution in [0.1, 0.15) is 40.5 Å². The lowest BCUT2D eigenvalue weighted by atomic mass is 10.0. The van der Waals surface area contributed by atoms with E-state index in [1.165, 1.54) is 25.9 Å². The van der Waals surface area contributed by atoms with E-state index in [-0.39, 0.29) is 11.8 Å². The summed E-state index contributed by atoms with van der Waals surface area (Å²) in [6.07, 6.45) is 2.79. The van der Waals surface area contributed by atoms with E-state index in [0.717, 1.165) is 12.5 Å². The van der Waals surface area contributed by atoms with Crippen molar-refractivity contribution in [3.8, 4) is 0 Å². The summed E-state index contributed by atoms with van der Waals surface area (Å²) >= 11 is 0. The molecule has 94 valence electrons. The van der Waals surface area contributed by atoms with Gasteiger partial charge in [0.2, 0.25) is 0 Å². The zero-order chi connectivity index (χ0) is 11.8. The Bertz CT molecular complexity index is 240. The maximum atomic E-state index is 5.98. The van der Waals surface area contributed by atoms with E-state index in [9.17, 15) is 0 Å². The first-order valence-electron chi connectivity index (χ1n) is 6.61. The molecule has 0 aromatic carbocycles. The molecule has 2 rings (SSSR count). The van der Waals surface area contributed by atoms with Crippen LogP contribution < -0.4 is 5.32 Å². The van der Waals surface area contributed by atoms with Crippen molar-refractivity contribution in [1.82, 2.24) is 10.2 Å². The highest BCUT2D eigenvalue weighted by molar-refractivity contribution is 4.85. The van der Waals surface area contributed by atoms with E-state index in [0.29, 0.717) is 6.04 Å². The molecule has 3 nitrogen and oxygen atoms in total. The van der Waals surface area contributed by atoms with Crippen LogP contribution in [-0.2, 0) is 4.74 Å². The molecule has 0 amide bonds. The Morgan fingerprint density at radius 1 is 1.44 bits per heavy atom. The summed E-state index contributed by atoms with van der Waals surface area (Å²) in [5.74, 6) is 0.814. The summed E-state index contributed by atoms with van der Waals surface area (Å²) in [6, 6.07) is 0.693. The van der Waals surface area contributed by atoms with Gasteiger partial charge in [0.15, 0.2) is 0 Å². The predicted molar refractivity (Wildman–Crippen MR) is 66.4 cm³/mol. The second kappa shape index (κ2) is 4.63. The Labute approximate surface area is 99.5 Å². The number of nitrogens with zero attached hydrogens (tertiary/aromatic N) is 1. The van der Waals surface area contributed by atoms with E-state index >= 15 is 0 Å². The zero-order valence-electron chi connectivity index (χ0n) is 11.1. The van der Waals surface area contributed by atoms with Crippen molar-refractivity contribution < 1.29 is 4.74 Å². The summed E-state index contributed by atoms with van der Waals surface area (Å²) in [4.78, 5) is 2.57. The van der Waals surface area contributed by atoms with Gasteiger partial charge in [0.25, 0.3) is 0 Å². The van der Waals surface area contributed by atoms with Gasteiger partial charge < -0.3 is 9.64 Å². The molecule has 0 aromatic rings. The number of hydrogen-bond donors (Lipinski definition) is 1. The fourth-order valence-electron chi connectivity index (χ4n) is 2.79. The van der Waals surface area contributed by atoms with Gasteiger partial charge in [-0.15, -0.1) is 0 Å². The van der Waals surface area contributed by atoms with Gasteiger partial charge in [0.1, 0.15) is 6.23 Å². The van der Waals surface area contributed by atoms with Crippen molar-refractivity contribution in [1.29, 1.82) is 0 Å². The zero-order valence-corrected chi connectivity index (χ0v) is 11.1. The molecule has 3 heteroatoms. The van der Waals surface area contributed by atoms with Crippen LogP contribution >= 0.6 is 0 Å². The fourth-order valence-corrected chi connectivity index (χ4v) is 2.79. The SMILES string of the molecule is CC(C)N1CCC(CC2NCC(C)(C)O2)C1. The third-order valence-electron chi connectivity index (χ3n) is 3.81. The van der Waals surface area contributed by atoms with Gasteiger partial charge in [-0.25, -0.2) is 0 Å². The summed E-state index contributed by atoms with van der Waals surface area (Å²) in [6.45, 7) is 12.4. The lowest BCUT2D eigenvalue weighted by Gasteiger charge is -2.22. The Kier molecular flexibility index (Phi) is 3.57. The molecule has 0 aromatic heterocycles. The fraction of sp³-hybridized carbons (Fsp3) is 1.00. The lowest BCUT2D eigenvalue weighted by molar-refractivity contribution is -0.0241. The minimum Gasteiger partial charge on any atom is -0.356 e. The second-order valence-corrected chi connectivity index (χ2v) is 6.23. The first kappa shape index (κ1) is 12.3. The van der Waals surface area contributed by atoms with E-state index in [1.807, 2.05) is 0 Å². The summed E-state index contributed by atoms with van der Waals surface area (Å²) in [5.41, 5.74) is 0.0288. The van der Waals surface area contributed by atoms with Crippen molar-refractivity contribution in [3.05, 3.63) is 0 Å². The Morgan fingerprint density at radius 3 is 2.69 bits per heavy atom. The van der Waals surface area contributed by atoms with Crippen molar-refractivity contribution >= 4 is 0 Å². The van der Waals surface area contributed by atoms with Crippen LogP contribution in [0, 0.1) is 5.92 Å². The highest BCUT2D eigenvalue weighted by Crippen LogP contribution is 2.27. The van der Waals surface area contributed by atoms with Crippen LogP contribution in [0.4, 0.5) is 0 Å². The molecule has 2 aliphatic rings. The van der Waals surface area contributed by atoms with Gasteiger partial charge in [-0.05, 0) is 53.0 Å². The molecule has 2 heterocycles. The van der Waals surface area contributed by atoms with Crippen molar-refractivity contribution in [2.75, 3.05) is 19.6 Å². The highest BCUT2D eigenvalue weighted by atomic mass is 16.5. The molecule has 1 N–H and O–H groups in total. The maximum absolute atomic E-state index is 5.98. The largest absolute Gasteiger partial charge is 0.356 e. The van der Waals surface area contributed by atoms with Crippen LogP contribution in [0.25, 0.3) is 0 Å². The number of nitrogens with one attached hydrogen (secondary N) is 1. The Morgan fingerprint density at radius 2 is 2.19 bits per heavy atom. The molecule has 2 atom stereocenters. The Balaban J connectivity index is 1.76. The molecule has 2 saturated heterocycles. The van der Waals surface area contributed by atoms with Crippen LogP contribution in [0.5, 0.6) is 0 Å². The molecule has 0 bridgehead atoms. The van der Waals surface area contributed by atoms with Gasteiger partial charge in [0.05, 0.1) is 5.60 Å². The molecule has 0 saturated carbocycles. The molecule has 0 aliphatic carbocycles. The normalized spacial score (nSPS) is 35.1. The maximum Gasteiger partial charge on any atom is 0.109 e. The molecule has 16 heavy (non-hydrogen) atoms. The Hall–Kier alpha value is -0.120. The number of rotatable bonds is 3. The van der Waals surface area contributed by atoms with Crippen molar-refractivity contribution in [2.45, 2.75) is 58.4 Å². The minimum absolute atomic E-state index is 0.0288. The van der Waals surface area contributed by atoms with Crippen LogP contribution in [0.15, 0.2) is 0 Å². The van der Waals surface area contributed by atoms with Gasteiger partial charge >= 0.3 is 0 Å². The summed E-state index contributed by atoms with van der Waals surface area (Å²) in [5, 5.41) is 3.48. The van der Waals surface area contributed by atoms with Crippen molar-refractivity contribution in [3.63, 3.8) is 0 Å². The summed E-state index contributed by atoms with van der Waals surface area (Å²) in [7, 11) is 0. The molecule has 2 aliphatic heterocycles. The van der Waals surface area contributed by atoms with Crippen LogP contribution in [-0.4, -0.2) is 42.4 Å². The van der Waals surface area contributed by atoms with Crippen LogP contribution in [0.2, 0.25) is 0 Å². The van der Waals surface area contributed by atoms with Crippen molar-refractivity contribution in [2.24, 2.45) is 5.92 Å². The highest BCUT2D eigenvalue weighted by Gasteiger charge is 2.34. The minimum atomic E-state index is 0.0288. The molecular formula is C13H26N2O. The third-order valence-corrected chi connectivity index (χ3v) is 3.81. The quantitative estimate of drug-likeness (QED) is 0.794. The van der Waals surface area contributed by atoms with Crippen LogP contribution in [0.3, 0.4) is 0 Å². The third kappa shape index (κ3) is 2.96. The monoisotopic (exact) mass is 226 g/mol. The molecule has 0 spiro atoms. The molecule has 2 fully saturated rings. The smallest absolute Gasteiger partial charge is 0.109 e. The summed E-state index contributed by atoms with van der Waals surface area (Å²) < 4.78 is 5.98. The van der Waals surface area contributed by atoms with E-state index in [1.54, 1.807) is 0 Å². The first-order chi connectivity index (χ1) is 7.46. The van der Waals surface area contributed by atoms with Gasteiger partial charge in [0, 0.05) is 19.1 Å². The predicted octanol–water partition coefficient (Wildman–Crippen LogP) is 1.83. The number of hydrogen-bond acceptors (Lipinski definition) is 3. The molecule has 0 radical (unpaired) electrons. The first-order valence-corrected chi connectivity index (χ1v) is 6.61. The topological polar surface area (TPSA) is 24.5 Å². The standard InChI is InChI=1S/C13H26N2O/c1-10(2)15-6-5-11(8-15)7-12-14-9-13(3,4)16-12/h10-12,14H,5-9H2,1-4H3.